The van der Waals surface area contributed by atoms with Crippen molar-refractivity contribution in [3.8, 4) is 0 Å². The molecule has 2 heterocycles. The standard InChI is InChI=1S/C13H17N5O3/c1-16(9-10-3-6-14-17(10)2)12(19)5-8-18-11(13(20)21)4-7-15-18/h3-4,6-7H,5,8-9H2,1-2H3,(H,20,21). The Morgan fingerprint density at radius 1 is 1.29 bits per heavy atom. The van der Waals surface area contributed by atoms with Crippen molar-refractivity contribution in [3.63, 3.8) is 0 Å². The Morgan fingerprint density at radius 2 is 2.00 bits per heavy atom. The van der Waals surface area contributed by atoms with Crippen molar-refractivity contribution in [2.75, 3.05) is 7.05 Å². The summed E-state index contributed by atoms with van der Waals surface area (Å²) >= 11 is 0. The van der Waals surface area contributed by atoms with Gasteiger partial charge in [0.2, 0.25) is 5.91 Å². The maximum Gasteiger partial charge on any atom is 0.354 e. The van der Waals surface area contributed by atoms with Crippen LogP contribution in [0.5, 0.6) is 0 Å². The molecule has 0 atom stereocenters. The van der Waals surface area contributed by atoms with Gasteiger partial charge in [-0.15, -0.1) is 0 Å². The molecule has 21 heavy (non-hydrogen) atoms. The summed E-state index contributed by atoms with van der Waals surface area (Å²) in [7, 11) is 3.52. The molecule has 0 bridgehead atoms. The van der Waals surface area contributed by atoms with Gasteiger partial charge in [0.25, 0.3) is 0 Å². The first-order chi connectivity index (χ1) is 9.99. The van der Waals surface area contributed by atoms with Crippen LogP contribution in [0.3, 0.4) is 0 Å². The summed E-state index contributed by atoms with van der Waals surface area (Å²) in [6, 6.07) is 3.26. The van der Waals surface area contributed by atoms with E-state index in [0.717, 1.165) is 5.69 Å². The molecule has 2 rings (SSSR count). The second-order valence-corrected chi connectivity index (χ2v) is 4.69. The Balaban J connectivity index is 1.91. The summed E-state index contributed by atoms with van der Waals surface area (Å²) in [6.45, 7) is 0.698. The molecule has 0 aliphatic heterocycles. The summed E-state index contributed by atoms with van der Waals surface area (Å²) in [6.07, 6.45) is 3.28. The van der Waals surface area contributed by atoms with Crippen LogP contribution in [0.2, 0.25) is 0 Å². The summed E-state index contributed by atoms with van der Waals surface area (Å²) in [5.74, 6) is -1.13. The van der Waals surface area contributed by atoms with E-state index in [-0.39, 0.29) is 24.6 Å². The van der Waals surface area contributed by atoms with Crippen LogP contribution in [-0.2, 0) is 24.9 Å². The van der Waals surface area contributed by atoms with E-state index < -0.39 is 5.97 Å². The summed E-state index contributed by atoms with van der Waals surface area (Å²) < 4.78 is 3.03. The van der Waals surface area contributed by atoms with Crippen molar-refractivity contribution in [2.45, 2.75) is 19.5 Å². The smallest absolute Gasteiger partial charge is 0.354 e. The van der Waals surface area contributed by atoms with Crippen LogP contribution < -0.4 is 0 Å². The molecular weight excluding hydrogens is 274 g/mol. The number of carbonyl (C=O) groups excluding carboxylic acids is 1. The molecule has 2 aromatic rings. The largest absolute Gasteiger partial charge is 0.477 e. The first-order valence-electron chi connectivity index (χ1n) is 6.45. The van der Waals surface area contributed by atoms with Crippen molar-refractivity contribution in [1.82, 2.24) is 24.5 Å². The average molecular weight is 291 g/mol. The summed E-state index contributed by atoms with van der Waals surface area (Å²) in [5.41, 5.74) is 1.01. The highest BCUT2D eigenvalue weighted by molar-refractivity contribution is 5.85. The molecule has 8 nitrogen and oxygen atoms in total. The van der Waals surface area contributed by atoms with Crippen LogP contribution in [0.1, 0.15) is 22.6 Å². The van der Waals surface area contributed by atoms with Gasteiger partial charge in [0.1, 0.15) is 5.69 Å². The topological polar surface area (TPSA) is 93.3 Å². The first kappa shape index (κ1) is 14.8. The van der Waals surface area contributed by atoms with Gasteiger partial charge in [-0.3, -0.25) is 14.2 Å². The monoisotopic (exact) mass is 291 g/mol. The second kappa shape index (κ2) is 6.21. The molecule has 0 aliphatic rings. The molecule has 1 N–H and O–H groups in total. The molecule has 0 radical (unpaired) electrons. The highest BCUT2D eigenvalue weighted by atomic mass is 16.4. The zero-order chi connectivity index (χ0) is 15.4. The minimum Gasteiger partial charge on any atom is -0.477 e. The fourth-order valence-electron chi connectivity index (χ4n) is 1.97. The van der Waals surface area contributed by atoms with Gasteiger partial charge in [0.15, 0.2) is 0 Å². The lowest BCUT2D eigenvalue weighted by atomic mass is 10.3. The van der Waals surface area contributed by atoms with E-state index in [9.17, 15) is 9.59 Å². The Hall–Kier alpha value is -2.64. The van der Waals surface area contributed by atoms with Crippen LogP contribution >= 0.6 is 0 Å². The van der Waals surface area contributed by atoms with E-state index in [2.05, 4.69) is 10.2 Å². The third-order valence-electron chi connectivity index (χ3n) is 3.22. The summed E-state index contributed by atoms with van der Waals surface area (Å²) in [5, 5.41) is 16.9. The first-order valence-corrected chi connectivity index (χ1v) is 6.45. The lowest BCUT2D eigenvalue weighted by Crippen LogP contribution is -2.28. The maximum atomic E-state index is 12.1. The molecule has 0 saturated carbocycles. The Labute approximate surface area is 121 Å². The van der Waals surface area contributed by atoms with Gasteiger partial charge in [-0.05, 0) is 12.1 Å². The maximum absolute atomic E-state index is 12.1. The quantitative estimate of drug-likeness (QED) is 0.829. The number of aromatic nitrogens is 4. The molecule has 112 valence electrons. The molecule has 0 unspecified atom stereocenters. The minimum absolute atomic E-state index is 0.0805. The molecule has 8 heteroatoms. The van der Waals surface area contributed by atoms with Crippen LogP contribution in [0, 0.1) is 0 Å². The summed E-state index contributed by atoms with van der Waals surface area (Å²) in [4.78, 5) is 24.6. The molecule has 0 aromatic carbocycles. The Kier molecular flexibility index (Phi) is 4.36. The SMILES string of the molecule is CN(Cc1ccnn1C)C(=O)CCn1nccc1C(=O)O. The van der Waals surface area contributed by atoms with Gasteiger partial charge in [-0.2, -0.15) is 10.2 Å². The van der Waals surface area contributed by atoms with Gasteiger partial charge < -0.3 is 10.0 Å². The molecule has 0 fully saturated rings. The number of carbonyl (C=O) groups is 2. The fraction of sp³-hybridized carbons (Fsp3) is 0.385. The zero-order valence-electron chi connectivity index (χ0n) is 11.9. The number of carboxylic acid groups (broad SMARTS) is 1. The van der Waals surface area contributed by atoms with E-state index in [4.69, 9.17) is 5.11 Å². The predicted octanol–water partition coefficient (Wildman–Crippen LogP) is 0.363. The number of hydrogen-bond donors (Lipinski definition) is 1. The molecule has 0 aliphatic carbocycles. The minimum atomic E-state index is -1.05. The van der Waals surface area contributed by atoms with Gasteiger partial charge in [-0.1, -0.05) is 0 Å². The van der Waals surface area contributed by atoms with Crippen LogP contribution in [0.25, 0.3) is 0 Å². The number of aromatic carboxylic acids is 1. The van der Waals surface area contributed by atoms with Crippen molar-refractivity contribution in [2.24, 2.45) is 7.05 Å². The third-order valence-corrected chi connectivity index (χ3v) is 3.22. The van der Waals surface area contributed by atoms with E-state index in [1.54, 1.807) is 22.8 Å². The third kappa shape index (κ3) is 3.47. The number of carboxylic acids is 1. The second-order valence-electron chi connectivity index (χ2n) is 4.69. The molecule has 0 spiro atoms. The highest BCUT2D eigenvalue weighted by Crippen LogP contribution is 2.05. The zero-order valence-corrected chi connectivity index (χ0v) is 11.9. The number of nitrogens with zero attached hydrogens (tertiary/aromatic N) is 5. The lowest BCUT2D eigenvalue weighted by molar-refractivity contribution is -0.130. The van der Waals surface area contributed by atoms with Crippen molar-refractivity contribution in [1.29, 1.82) is 0 Å². The molecule has 1 amide bonds. The van der Waals surface area contributed by atoms with Crippen LogP contribution in [-0.4, -0.2) is 48.5 Å². The number of amides is 1. The van der Waals surface area contributed by atoms with Gasteiger partial charge in [-0.25, -0.2) is 4.79 Å². The molecule has 2 aromatic heterocycles. The van der Waals surface area contributed by atoms with Gasteiger partial charge in [0.05, 0.1) is 18.8 Å². The van der Waals surface area contributed by atoms with Crippen molar-refractivity contribution in [3.05, 3.63) is 35.9 Å². The number of rotatable bonds is 6. The van der Waals surface area contributed by atoms with Crippen molar-refractivity contribution >= 4 is 11.9 Å². The van der Waals surface area contributed by atoms with Crippen LogP contribution in [0.4, 0.5) is 0 Å². The van der Waals surface area contributed by atoms with E-state index in [0.29, 0.717) is 6.54 Å². The molecular formula is C13H17N5O3. The Morgan fingerprint density at radius 3 is 2.62 bits per heavy atom. The van der Waals surface area contributed by atoms with E-state index in [1.165, 1.54) is 16.9 Å². The fourth-order valence-corrected chi connectivity index (χ4v) is 1.97. The Bertz CT molecular complexity index is 646. The number of aryl methyl sites for hydroxylation is 2. The van der Waals surface area contributed by atoms with Crippen molar-refractivity contribution < 1.29 is 14.7 Å². The van der Waals surface area contributed by atoms with Crippen LogP contribution in [0.15, 0.2) is 24.5 Å². The van der Waals surface area contributed by atoms with E-state index in [1.807, 2.05) is 13.1 Å². The highest BCUT2D eigenvalue weighted by Gasteiger charge is 2.14. The molecule has 0 saturated heterocycles. The van der Waals surface area contributed by atoms with Gasteiger partial charge >= 0.3 is 5.97 Å². The predicted molar refractivity (Wildman–Crippen MR) is 73.5 cm³/mol. The van der Waals surface area contributed by atoms with Gasteiger partial charge in [0, 0.05) is 32.9 Å². The number of hydrogen-bond acceptors (Lipinski definition) is 4. The lowest BCUT2D eigenvalue weighted by Gasteiger charge is -2.17. The average Bonchev–Trinajstić information content (AvgIpc) is 3.05. The van der Waals surface area contributed by atoms with E-state index >= 15 is 0 Å². The normalized spacial score (nSPS) is 10.6.